The first kappa shape index (κ1) is 24.2. The van der Waals surface area contributed by atoms with Gasteiger partial charge in [-0.2, -0.15) is 0 Å². The standard InChI is InChI=1S/C23H22ClN3O5S/c24-20-10-5-4-7-18(20)16-26-21-12-11-17(15-22(21)27(29)30)23(28)25-13-6-14-33(31,32)19-8-2-1-3-9-19/h1-5,7-12,15,26H,6,13-14,16H2,(H,25,28). The molecule has 172 valence electrons. The van der Waals surface area contributed by atoms with Gasteiger partial charge in [-0.1, -0.05) is 48.0 Å². The van der Waals surface area contributed by atoms with Crippen LogP contribution in [0.15, 0.2) is 77.7 Å². The van der Waals surface area contributed by atoms with Crippen molar-refractivity contribution < 1.29 is 18.1 Å². The van der Waals surface area contributed by atoms with Crippen LogP contribution in [-0.2, 0) is 16.4 Å². The van der Waals surface area contributed by atoms with E-state index in [1.165, 1.54) is 30.3 Å². The molecule has 0 atom stereocenters. The Morgan fingerprint density at radius 2 is 1.70 bits per heavy atom. The maximum atomic E-state index is 12.4. The lowest BCUT2D eigenvalue weighted by Crippen LogP contribution is -2.26. The molecule has 0 heterocycles. The molecule has 0 unspecified atom stereocenters. The van der Waals surface area contributed by atoms with E-state index < -0.39 is 20.7 Å². The molecule has 8 nitrogen and oxygen atoms in total. The van der Waals surface area contributed by atoms with Gasteiger partial charge in [0.25, 0.3) is 11.6 Å². The minimum absolute atomic E-state index is 0.107. The highest BCUT2D eigenvalue weighted by Gasteiger charge is 2.18. The third-order valence-electron chi connectivity index (χ3n) is 4.86. The van der Waals surface area contributed by atoms with Gasteiger partial charge < -0.3 is 10.6 Å². The van der Waals surface area contributed by atoms with Crippen molar-refractivity contribution in [3.8, 4) is 0 Å². The maximum absolute atomic E-state index is 12.4. The molecule has 33 heavy (non-hydrogen) atoms. The third kappa shape index (κ3) is 6.53. The normalized spacial score (nSPS) is 11.1. The Morgan fingerprint density at radius 1 is 1.00 bits per heavy atom. The molecular weight excluding hydrogens is 466 g/mol. The van der Waals surface area contributed by atoms with Crippen LogP contribution in [0.25, 0.3) is 0 Å². The molecule has 0 radical (unpaired) electrons. The number of rotatable bonds is 10. The predicted molar refractivity (Wildman–Crippen MR) is 127 cm³/mol. The SMILES string of the molecule is O=C(NCCCS(=O)(=O)c1ccccc1)c1ccc(NCc2ccccc2Cl)c([N+](=O)[O-])c1. The molecule has 0 aliphatic heterocycles. The Bertz CT molecular complexity index is 1250. The first-order chi connectivity index (χ1) is 15.8. The highest BCUT2D eigenvalue weighted by atomic mass is 35.5. The molecule has 0 aromatic heterocycles. The van der Waals surface area contributed by atoms with Crippen LogP contribution in [0.2, 0.25) is 5.02 Å². The smallest absolute Gasteiger partial charge is 0.293 e. The Hall–Kier alpha value is -3.43. The fourth-order valence-electron chi connectivity index (χ4n) is 3.12. The summed E-state index contributed by atoms with van der Waals surface area (Å²) in [6, 6.07) is 19.3. The maximum Gasteiger partial charge on any atom is 0.293 e. The second-order valence-electron chi connectivity index (χ2n) is 7.18. The van der Waals surface area contributed by atoms with E-state index in [1.807, 2.05) is 6.07 Å². The predicted octanol–water partition coefficient (Wildman–Crippen LogP) is 4.45. The van der Waals surface area contributed by atoms with E-state index >= 15 is 0 Å². The van der Waals surface area contributed by atoms with Gasteiger partial charge in [-0.15, -0.1) is 0 Å². The van der Waals surface area contributed by atoms with Gasteiger partial charge in [0.05, 0.1) is 15.6 Å². The van der Waals surface area contributed by atoms with E-state index in [1.54, 1.807) is 36.4 Å². The number of carbonyl (C=O) groups excluding carboxylic acids is 1. The summed E-state index contributed by atoms with van der Waals surface area (Å²) >= 11 is 6.12. The van der Waals surface area contributed by atoms with Crippen LogP contribution in [0.4, 0.5) is 11.4 Å². The molecule has 0 fully saturated rings. The zero-order valence-corrected chi connectivity index (χ0v) is 19.1. The van der Waals surface area contributed by atoms with Crippen molar-refractivity contribution >= 4 is 38.7 Å². The van der Waals surface area contributed by atoms with E-state index in [-0.39, 0.29) is 47.1 Å². The zero-order chi connectivity index (χ0) is 23.8. The van der Waals surface area contributed by atoms with Crippen LogP contribution in [0, 0.1) is 10.1 Å². The van der Waals surface area contributed by atoms with E-state index in [4.69, 9.17) is 11.6 Å². The van der Waals surface area contributed by atoms with Crippen molar-refractivity contribution in [2.24, 2.45) is 0 Å². The highest BCUT2D eigenvalue weighted by molar-refractivity contribution is 7.91. The molecule has 3 aromatic rings. The zero-order valence-electron chi connectivity index (χ0n) is 17.5. The number of nitrogens with one attached hydrogen (secondary N) is 2. The van der Waals surface area contributed by atoms with Gasteiger partial charge in [0.15, 0.2) is 9.84 Å². The summed E-state index contributed by atoms with van der Waals surface area (Å²) < 4.78 is 24.6. The van der Waals surface area contributed by atoms with Crippen molar-refractivity contribution in [2.75, 3.05) is 17.6 Å². The Balaban J connectivity index is 1.59. The van der Waals surface area contributed by atoms with Crippen LogP contribution in [0.1, 0.15) is 22.3 Å². The van der Waals surface area contributed by atoms with Crippen LogP contribution < -0.4 is 10.6 Å². The lowest BCUT2D eigenvalue weighted by Gasteiger charge is -2.10. The summed E-state index contributed by atoms with van der Waals surface area (Å²) in [6.07, 6.45) is 0.211. The fourth-order valence-corrected chi connectivity index (χ4v) is 4.65. The van der Waals surface area contributed by atoms with E-state index in [0.717, 1.165) is 5.56 Å². The Kier molecular flexibility index (Phi) is 8.02. The largest absolute Gasteiger partial charge is 0.375 e. The van der Waals surface area contributed by atoms with Gasteiger partial charge in [0.2, 0.25) is 0 Å². The van der Waals surface area contributed by atoms with Gasteiger partial charge in [-0.25, -0.2) is 8.42 Å². The Labute approximate surface area is 196 Å². The average molecular weight is 488 g/mol. The summed E-state index contributed by atoms with van der Waals surface area (Å²) in [6.45, 7) is 0.396. The number of carbonyl (C=O) groups is 1. The quantitative estimate of drug-likeness (QED) is 0.248. The fraction of sp³-hybridized carbons (Fsp3) is 0.174. The third-order valence-corrected chi connectivity index (χ3v) is 7.05. The molecule has 1 amide bonds. The lowest BCUT2D eigenvalue weighted by molar-refractivity contribution is -0.384. The number of nitro benzene ring substituents is 1. The second-order valence-corrected chi connectivity index (χ2v) is 9.69. The van der Waals surface area contributed by atoms with Crippen LogP contribution in [-0.4, -0.2) is 31.5 Å². The molecule has 0 saturated carbocycles. The van der Waals surface area contributed by atoms with E-state index in [0.29, 0.717) is 5.02 Å². The van der Waals surface area contributed by atoms with Gasteiger partial charge in [-0.05, 0) is 42.3 Å². The topological polar surface area (TPSA) is 118 Å². The monoisotopic (exact) mass is 487 g/mol. The molecule has 3 rings (SSSR count). The number of amides is 1. The molecule has 10 heteroatoms. The molecule has 0 aliphatic carbocycles. The van der Waals surface area contributed by atoms with Gasteiger partial charge in [0, 0.05) is 29.7 Å². The second kappa shape index (κ2) is 10.9. The number of nitrogens with zero attached hydrogens (tertiary/aromatic N) is 1. The van der Waals surface area contributed by atoms with Crippen LogP contribution >= 0.6 is 11.6 Å². The van der Waals surface area contributed by atoms with Crippen LogP contribution in [0.3, 0.4) is 0 Å². The molecule has 0 bridgehead atoms. The highest BCUT2D eigenvalue weighted by Crippen LogP contribution is 2.27. The number of anilines is 1. The Morgan fingerprint density at radius 3 is 2.39 bits per heavy atom. The van der Waals surface area contributed by atoms with E-state index in [9.17, 15) is 23.3 Å². The summed E-state index contributed by atoms with van der Waals surface area (Å²) in [4.78, 5) is 23.6. The number of halogens is 1. The summed E-state index contributed by atoms with van der Waals surface area (Å²) in [5.41, 5.74) is 0.892. The molecule has 3 aromatic carbocycles. The van der Waals surface area contributed by atoms with Gasteiger partial charge in [0.1, 0.15) is 5.69 Å². The van der Waals surface area contributed by atoms with Gasteiger partial charge in [-0.3, -0.25) is 14.9 Å². The van der Waals surface area contributed by atoms with Crippen molar-refractivity contribution in [1.82, 2.24) is 5.32 Å². The number of nitro groups is 1. The van der Waals surface area contributed by atoms with Crippen LogP contribution in [0.5, 0.6) is 0 Å². The van der Waals surface area contributed by atoms with Crippen molar-refractivity contribution in [1.29, 1.82) is 0 Å². The molecule has 0 spiro atoms. The molecular formula is C23H22ClN3O5S. The number of sulfone groups is 1. The summed E-state index contributed by atoms with van der Waals surface area (Å²) in [5.74, 6) is -0.643. The first-order valence-corrected chi connectivity index (χ1v) is 12.1. The van der Waals surface area contributed by atoms with Crippen molar-refractivity contribution in [2.45, 2.75) is 17.9 Å². The molecule has 0 aliphatic rings. The number of hydrogen-bond donors (Lipinski definition) is 2. The number of benzene rings is 3. The first-order valence-electron chi connectivity index (χ1n) is 10.1. The summed E-state index contributed by atoms with van der Waals surface area (Å²) in [7, 11) is -3.44. The van der Waals surface area contributed by atoms with Crippen molar-refractivity contribution in [3.05, 3.63) is 99.1 Å². The average Bonchev–Trinajstić information content (AvgIpc) is 2.81. The molecule has 2 N–H and O–H groups in total. The molecule has 0 saturated heterocycles. The minimum atomic E-state index is -3.44. The van der Waals surface area contributed by atoms with Crippen molar-refractivity contribution in [3.63, 3.8) is 0 Å². The van der Waals surface area contributed by atoms with Gasteiger partial charge >= 0.3 is 0 Å². The minimum Gasteiger partial charge on any atom is -0.375 e. The lowest BCUT2D eigenvalue weighted by atomic mass is 10.1. The number of hydrogen-bond acceptors (Lipinski definition) is 6. The summed E-state index contributed by atoms with van der Waals surface area (Å²) in [5, 5.41) is 17.6. The van der Waals surface area contributed by atoms with E-state index in [2.05, 4.69) is 10.6 Å².